The van der Waals surface area contributed by atoms with Gasteiger partial charge in [-0.3, -0.25) is 0 Å². The summed E-state index contributed by atoms with van der Waals surface area (Å²) in [5.41, 5.74) is 5.92. The molecular formula is C15H25N3O. The SMILES string of the molecule is CCC1CCCC(c2noc(C(C)(N)C3CC3)n2)C1. The highest BCUT2D eigenvalue weighted by atomic mass is 16.5. The zero-order chi connectivity index (χ0) is 13.5. The summed E-state index contributed by atoms with van der Waals surface area (Å²) in [6, 6.07) is 0. The van der Waals surface area contributed by atoms with E-state index in [4.69, 9.17) is 10.3 Å². The van der Waals surface area contributed by atoms with E-state index in [1.54, 1.807) is 0 Å². The molecule has 3 rings (SSSR count). The van der Waals surface area contributed by atoms with E-state index in [1.165, 1.54) is 44.9 Å². The van der Waals surface area contributed by atoms with Gasteiger partial charge < -0.3 is 10.3 Å². The van der Waals surface area contributed by atoms with Gasteiger partial charge in [0.25, 0.3) is 0 Å². The van der Waals surface area contributed by atoms with Crippen molar-refractivity contribution in [1.29, 1.82) is 0 Å². The molecule has 2 aliphatic carbocycles. The minimum Gasteiger partial charge on any atom is -0.337 e. The fraction of sp³-hybridized carbons (Fsp3) is 0.867. The molecule has 2 N–H and O–H groups in total. The maximum absolute atomic E-state index is 6.34. The van der Waals surface area contributed by atoms with E-state index in [-0.39, 0.29) is 0 Å². The molecule has 19 heavy (non-hydrogen) atoms. The maximum Gasteiger partial charge on any atom is 0.246 e. The van der Waals surface area contributed by atoms with Crippen LogP contribution >= 0.6 is 0 Å². The predicted octanol–water partition coefficient (Wildman–Crippen LogP) is 3.34. The van der Waals surface area contributed by atoms with Crippen LogP contribution in [0.5, 0.6) is 0 Å². The second-order valence-corrected chi connectivity index (χ2v) is 6.65. The van der Waals surface area contributed by atoms with Gasteiger partial charge in [0.2, 0.25) is 5.89 Å². The molecule has 0 amide bonds. The molecule has 2 aliphatic rings. The van der Waals surface area contributed by atoms with E-state index in [9.17, 15) is 0 Å². The summed E-state index contributed by atoms with van der Waals surface area (Å²) in [4.78, 5) is 4.63. The van der Waals surface area contributed by atoms with Gasteiger partial charge in [0.1, 0.15) is 0 Å². The Kier molecular flexibility index (Phi) is 3.37. The molecule has 0 saturated heterocycles. The molecule has 3 atom stereocenters. The first-order valence-electron chi connectivity index (χ1n) is 7.74. The van der Waals surface area contributed by atoms with E-state index >= 15 is 0 Å². The average Bonchev–Trinajstić information content (AvgIpc) is 3.17. The van der Waals surface area contributed by atoms with Crippen molar-refractivity contribution in [1.82, 2.24) is 10.1 Å². The Morgan fingerprint density at radius 1 is 1.32 bits per heavy atom. The van der Waals surface area contributed by atoms with E-state index in [2.05, 4.69) is 17.1 Å². The molecule has 1 heterocycles. The van der Waals surface area contributed by atoms with Crippen molar-refractivity contribution < 1.29 is 4.52 Å². The van der Waals surface area contributed by atoms with Gasteiger partial charge in [-0.05, 0) is 44.4 Å². The Balaban J connectivity index is 1.73. The molecule has 2 saturated carbocycles. The Bertz CT molecular complexity index is 436. The van der Waals surface area contributed by atoms with Gasteiger partial charge in [0, 0.05) is 5.92 Å². The lowest BCUT2D eigenvalue weighted by Crippen LogP contribution is -2.35. The van der Waals surface area contributed by atoms with Crippen LogP contribution in [0.4, 0.5) is 0 Å². The fourth-order valence-corrected chi connectivity index (χ4v) is 3.37. The van der Waals surface area contributed by atoms with E-state index in [1.807, 2.05) is 6.92 Å². The summed E-state index contributed by atoms with van der Waals surface area (Å²) < 4.78 is 5.47. The zero-order valence-electron chi connectivity index (χ0n) is 12.1. The van der Waals surface area contributed by atoms with E-state index in [0.29, 0.717) is 17.7 Å². The van der Waals surface area contributed by atoms with Crippen LogP contribution in [-0.4, -0.2) is 10.1 Å². The Morgan fingerprint density at radius 2 is 2.11 bits per heavy atom. The number of nitrogens with two attached hydrogens (primary N) is 1. The number of nitrogens with zero attached hydrogens (tertiary/aromatic N) is 2. The van der Waals surface area contributed by atoms with Gasteiger partial charge in [0.05, 0.1) is 5.54 Å². The maximum atomic E-state index is 6.34. The normalized spacial score (nSPS) is 31.1. The molecule has 0 aromatic carbocycles. The van der Waals surface area contributed by atoms with Crippen molar-refractivity contribution in [2.45, 2.75) is 70.3 Å². The van der Waals surface area contributed by atoms with Crippen LogP contribution < -0.4 is 5.73 Å². The van der Waals surface area contributed by atoms with Crippen molar-refractivity contribution in [3.63, 3.8) is 0 Å². The highest BCUT2D eigenvalue weighted by Gasteiger charge is 2.44. The number of hydrogen-bond donors (Lipinski definition) is 1. The third-order valence-electron chi connectivity index (χ3n) is 5.05. The molecule has 4 nitrogen and oxygen atoms in total. The highest BCUT2D eigenvalue weighted by molar-refractivity contribution is 5.09. The highest BCUT2D eigenvalue weighted by Crippen LogP contribution is 2.44. The van der Waals surface area contributed by atoms with Crippen molar-refractivity contribution in [3.05, 3.63) is 11.7 Å². The summed E-state index contributed by atoms with van der Waals surface area (Å²) in [5.74, 6) is 3.37. The van der Waals surface area contributed by atoms with Crippen molar-refractivity contribution in [2.75, 3.05) is 0 Å². The number of aromatic nitrogens is 2. The van der Waals surface area contributed by atoms with Crippen LogP contribution in [0.3, 0.4) is 0 Å². The van der Waals surface area contributed by atoms with Crippen LogP contribution in [0.25, 0.3) is 0 Å². The summed E-state index contributed by atoms with van der Waals surface area (Å²) >= 11 is 0. The third-order valence-corrected chi connectivity index (χ3v) is 5.05. The van der Waals surface area contributed by atoms with Gasteiger partial charge in [-0.2, -0.15) is 4.98 Å². The Labute approximate surface area is 115 Å². The van der Waals surface area contributed by atoms with Gasteiger partial charge in [-0.1, -0.05) is 31.3 Å². The van der Waals surface area contributed by atoms with Crippen molar-refractivity contribution >= 4 is 0 Å². The molecular weight excluding hydrogens is 238 g/mol. The zero-order valence-corrected chi connectivity index (χ0v) is 12.1. The topological polar surface area (TPSA) is 64.9 Å². The third kappa shape index (κ3) is 2.55. The second-order valence-electron chi connectivity index (χ2n) is 6.65. The molecule has 1 aromatic heterocycles. The standard InChI is InChI=1S/C15H25N3O/c1-3-10-5-4-6-11(9-10)13-17-14(19-18-13)15(2,16)12-7-8-12/h10-12H,3-9,16H2,1-2H3. The summed E-state index contributed by atoms with van der Waals surface area (Å²) in [5, 5.41) is 4.22. The average molecular weight is 263 g/mol. The van der Waals surface area contributed by atoms with Gasteiger partial charge in [0.15, 0.2) is 5.82 Å². The quantitative estimate of drug-likeness (QED) is 0.904. The van der Waals surface area contributed by atoms with Crippen LogP contribution in [-0.2, 0) is 5.54 Å². The molecule has 0 spiro atoms. The first kappa shape index (κ1) is 13.1. The lowest BCUT2D eigenvalue weighted by molar-refractivity contribution is 0.267. The largest absolute Gasteiger partial charge is 0.337 e. The Hall–Kier alpha value is -0.900. The smallest absolute Gasteiger partial charge is 0.246 e. The van der Waals surface area contributed by atoms with Crippen LogP contribution in [0.15, 0.2) is 4.52 Å². The first-order valence-corrected chi connectivity index (χ1v) is 7.74. The van der Waals surface area contributed by atoms with E-state index in [0.717, 1.165) is 11.7 Å². The second kappa shape index (κ2) is 4.89. The Morgan fingerprint density at radius 3 is 2.79 bits per heavy atom. The van der Waals surface area contributed by atoms with Crippen LogP contribution in [0.2, 0.25) is 0 Å². The molecule has 1 aromatic rings. The predicted molar refractivity (Wildman–Crippen MR) is 73.6 cm³/mol. The minimum atomic E-state index is -0.427. The summed E-state index contributed by atoms with van der Waals surface area (Å²) in [7, 11) is 0. The molecule has 4 heteroatoms. The van der Waals surface area contributed by atoms with Crippen LogP contribution in [0, 0.1) is 11.8 Å². The van der Waals surface area contributed by atoms with Crippen molar-refractivity contribution in [3.8, 4) is 0 Å². The molecule has 106 valence electrons. The molecule has 2 fully saturated rings. The lowest BCUT2D eigenvalue weighted by atomic mass is 9.80. The summed E-state index contributed by atoms with van der Waals surface area (Å²) in [6.45, 7) is 4.30. The first-order chi connectivity index (χ1) is 9.11. The monoisotopic (exact) mass is 263 g/mol. The van der Waals surface area contributed by atoms with Gasteiger partial charge >= 0.3 is 0 Å². The molecule has 3 unspecified atom stereocenters. The minimum absolute atomic E-state index is 0.427. The number of hydrogen-bond acceptors (Lipinski definition) is 4. The van der Waals surface area contributed by atoms with E-state index < -0.39 is 5.54 Å². The number of rotatable bonds is 4. The molecule has 0 bridgehead atoms. The lowest BCUT2D eigenvalue weighted by Gasteiger charge is -2.26. The summed E-state index contributed by atoms with van der Waals surface area (Å²) in [6.07, 6.45) is 8.68. The molecule has 0 radical (unpaired) electrons. The van der Waals surface area contributed by atoms with Gasteiger partial charge in [-0.25, -0.2) is 0 Å². The van der Waals surface area contributed by atoms with Crippen molar-refractivity contribution in [2.24, 2.45) is 17.6 Å². The van der Waals surface area contributed by atoms with Crippen LogP contribution in [0.1, 0.15) is 76.4 Å². The van der Waals surface area contributed by atoms with Gasteiger partial charge in [-0.15, -0.1) is 0 Å². The fourth-order valence-electron chi connectivity index (χ4n) is 3.37. The molecule has 0 aliphatic heterocycles.